The SMILES string of the molecule is CC1(C)CN(c2ccccn2)c2cc(Nc3nc(Nc4cccc(O)c4)ncc3F)ccc2O1. The standard InChI is InChI=1S/C25H23FN6O2/c1-25(2)15-32(22-8-3-4-11-27-22)20-13-17(9-10-21(20)34-25)29-23-19(26)14-28-24(31-23)30-16-6-5-7-18(33)12-16/h3-14,33H,15H2,1-2H3,(H2,28,29,30,31). The molecule has 1 aliphatic heterocycles. The van der Waals surface area contributed by atoms with E-state index in [1.54, 1.807) is 30.5 Å². The first-order chi connectivity index (χ1) is 16.4. The summed E-state index contributed by atoms with van der Waals surface area (Å²) in [4.78, 5) is 14.8. The zero-order valence-electron chi connectivity index (χ0n) is 18.7. The topological polar surface area (TPSA) is 95.4 Å². The van der Waals surface area contributed by atoms with Crippen molar-refractivity contribution in [2.45, 2.75) is 19.4 Å². The summed E-state index contributed by atoms with van der Waals surface area (Å²) < 4.78 is 20.7. The quantitative estimate of drug-likeness (QED) is 0.360. The van der Waals surface area contributed by atoms with E-state index in [0.29, 0.717) is 23.7 Å². The van der Waals surface area contributed by atoms with E-state index in [1.807, 2.05) is 44.2 Å². The van der Waals surface area contributed by atoms with Gasteiger partial charge in [0.15, 0.2) is 11.6 Å². The molecule has 0 radical (unpaired) electrons. The molecule has 0 atom stereocenters. The molecule has 8 nitrogen and oxygen atoms in total. The average Bonchev–Trinajstić information content (AvgIpc) is 2.81. The van der Waals surface area contributed by atoms with Gasteiger partial charge in [-0.2, -0.15) is 4.98 Å². The zero-order valence-corrected chi connectivity index (χ0v) is 18.7. The number of benzene rings is 2. The van der Waals surface area contributed by atoms with E-state index >= 15 is 0 Å². The van der Waals surface area contributed by atoms with Crippen LogP contribution in [0.4, 0.5) is 39.0 Å². The van der Waals surface area contributed by atoms with Gasteiger partial charge in [0.1, 0.15) is 22.9 Å². The van der Waals surface area contributed by atoms with Gasteiger partial charge < -0.3 is 25.4 Å². The molecular formula is C25H23FN6O2. The minimum absolute atomic E-state index is 0.0130. The third-order valence-electron chi connectivity index (χ3n) is 5.21. The van der Waals surface area contributed by atoms with Crippen LogP contribution in [0.2, 0.25) is 0 Å². The molecule has 4 aromatic rings. The molecule has 0 saturated heterocycles. The summed E-state index contributed by atoms with van der Waals surface area (Å²) in [5.41, 5.74) is 1.61. The highest BCUT2D eigenvalue weighted by Crippen LogP contribution is 2.42. The van der Waals surface area contributed by atoms with Gasteiger partial charge >= 0.3 is 0 Å². The molecule has 0 unspecified atom stereocenters. The molecular weight excluding hydrogens is 435 g/mol. The largest absolute Gasteiger partial charge is 0.508 e. The number of phenols is 1. The minimum Gasteiger partial charge on any atom is -0.508 e. The van der Waals surface area contributed by atoms with Crippen LogP contribution in [0.1, 0.15) is 13.8 Å². The Balaban J connectivity index is 1.45. The number of aromatic nitrogens is 3. The highest BCUT2D eigenvalue weighted by molar-refractivity contribution is 5.75. The van der Waals surface area contributed by atoms with E-state index in [2.05, 4.69) is 30.5 Å². The first-order valence-electron chi connectivity index (χ1n) is 10.7. The second-order valence-corrected chi connectivity index (χ2v) is 8.51. The van der Waals surface area contributed by atoms with Crippen molar-refractivity contribution in [3.63, 3.8) is 0 Å². The maximum atomic E-state index is 14.5. The Morgan fingerprint density at radius 3 is 2.65 bits per heavy atom. The molecule has 0 saturated carbocycles. The fourth-order valence-electron chi connectivity index (χ4n) is 3.77. The highest BCUT2D eigenvalue weighted by Gasteiger charge is 2.33. The predicted octanol–water partition coefficient (Wildman–Crippen LogP) is 5.51. The van der Waals surface area contributed by atoms with E-state index in [-0.39, 0.29) is 17.5 Å². The minimum atomic E-state index is -0.599. The van der Waals surface area contributed by atoms with Crippen LogP contribution in [0.25, 0.3) is 0 Å². The monoisotopic (exact) mass is 458 g/mol. The van der Waals surface area contributed by atoms with Gasteiger partial charge in [0.2, 0.25) is 5.95 Å². The number of hydrogen-bond acceptors (Lipinski definition) is 8. The van der Waals surface area contributed by atoms with Crippen molar-refractivity contribution < 1.29 is 14.2 Å². The number of rotatable bonds is 5. The molecule has 0 spiro atoms. The number of halogens is 1. The molecule has 1 aliphatic rings. The fourth-order valence-corrected chi connectivity index (χ4v) is 3.77. The van der Waals surface area contributed by atoms with Crippen LogP contribution in [0.15, 0.2) is 73.1 Å². The highest BCUT2D eigenvalue weighted by atomic mass is 19.1. The number of aromatic hydroxyl groups is 1. The van der Waals surface area contributed by atoms with Crippen molar-refractivity contribution in [3.8, 4) is 11.5 Å². The lowest BCUT2D eigenvalue weighted by atomic mass is 10.0. The Morgan fingerprint density at radius 1 is 1.00 bits per heavy atom. The second-order valence-electron chi connectivity index (χ2n) is 8.51. The fraction of sp³-hybridized carbons (Fsp3) is 0.160. The molecule has 3 N–H and O–H groups in total. The Bertz CT molecular complexity index is 1330. The van der Waals surface area contributed by atoms with Gasteiger partial charge in [0.25, 0.3) is 0 Å². The second kappa shape index (κ2) is 8.51. The van der Waals surface area contributed by atoms with Crippen LogP contribution >= 0.6 is 0 Å². The lowest BCUT2D eigenvalue weighted by Gasteiger charge is -2.40. The Kier molecular flexibility index (Phi) is 5.37. The molecule has 5 rings (SSSR count). The van der Waals surface area contributed by atoms with Gasteiger partial charge in [-0.15, -0.1) is 0 Å². The van der Waals surface area contributed by atoms with E-state index in [1.165, 1.54) is 6.07 Å². The van der Waals surface area contributed by atoms with Crippen LogP contribution in [-0.2, 0) is 0 Å². The Hall–Kier alpha value is -4.40. The molecule has 0 bridgehead atoms. The summed E-state index contributed by atoms with van der Waals surface area (Å²) in [6.07, 6.45) is 2.83. The summed E-state index contributed by atoms with van der Waals surface area (Å²) in [6, 6.07) is 17.8. The molecule has 9 heteroatoms. The smallest absolute Gasteiger partial charge is 0.229 e. The number of nitrogens with zero attached hydrogens (tertiary/aromatic N) is 4. The van der Waals surface area contributed by atoms with Crippen molar-refractivity contribution in [3.05, 3.63) is 78.9 Å². The van der Waals surface area contributed by atoms with Gasteiger partial charge in [-0.05, 0) is 56.3 Å². The summed E-state index contributed by atoms with van der Waals surface area (Å²) in [6.45, 7) is 4.64. The predicted molar refractivity (Wildman–Crippen MR) is 129 cm³/mol. The summed E-state index contributed by atoms with van der Waals surface area (Å²) >= 11 is 0. The molecule has 3 heterocycles. The number of phenolic OH excluding ortho intramolecular Hbond substituents is 1. The number of ether oxygens (including phenoxy) is 1. The average molecular weight is 458 g/mol. The maximum Gasteiger partial charge on any atom is 0.229 e. The number of pyridine rings is 1. The van der Waals surface area contributed by atoms with E-state index in [9.17, 15) is 9.50 Å². The molecule has 0 fully saturated rings. The number of nitrogens with one attached hydrogen (secondary N) is 2. The number of hydrogen-bond donors (Lipinski definition) is 3. The van der Waals surface area contributed by atoms with E-state index in [0.717, 1.165) is 17.7 Å². The van der Waals surface area contributed by atoms with Crippen LogP contribution in [0.5, 0.6) is 11.5 Å². The number of fused-ring (bicyclic) bond motifs is 1. The Labute approximate surface area is 196 Å². The summed E-state index contributed by atoms with van der Waals surface area (Å²) in [7, 11) is 0. The van der Waals surface area contributed by atoms with Crippen molar-refractivity contribution in [1.82, 2.24) is 15.0 Å². The van der Waals surface area contributed by atoms with Gasteiger partial charge in [0, 0.05) is 23.6 Å². The van der Waals surface area contributed by atoms with Crippen LogP contribution in [0.3, 0.4) is 0 Å². The van der Waals surface area contributed by atoms with Gasteiger partial charge in [-0.1, -0.05) is 12.1 Å². The third kappa shape index (κ3) is 4.54. The number of anilines is 6. The van der Waals surface area contributed by atoms with Crippen molar-refractivity contribution in [2.24, 2.45) is 0 Å². The van der Waals surface area contributed by atoms with Gasteiger partial charge in [0.05, 0.1) is 18.4 Å². The molecule has 2 aromatic heterocycles. The van der Waals surface area contributed by atoms with Gasteiger partial charge in [-0.25, -0.2) is 14.4 Å². The maximum absolute atomic E-state index is 14.5. The van der Waals surface area contributed by atoms with Crippen molar-refractivity contribution in [2.75, 3.05) is 22.1 Å². The van der Waals surface area contributed by atoms with Crippen LogP contribution < -0.4 is 20.3 Å². The Morgan fingerprint density at radius 2 is 1.85 bits per heavy atom. The molecule has 0 aliphatic carbocycles. The molecule has 2 aromatic carbocycles. The lowest BCUT2D eigenvalue weighted by Crippen LogP contribution is -2.45. The third-order valence-corrected chi connectivity index (χ3v) is 5.21. The zero-order chi connectivity index (χ0) is 23.7. The van der Waals surface area contributed by atoms with Crippen LogP contribution in [0, 0.1) is 5.82 Å². The van der Waals surface area contributed by atoms with E-state index < -0.39 is 11.4 Å². The first kappa shape index (κ1) is 21.4. The summed E-state index contributed by atoms with van der Waals surface area (Å²) in [5.74, 6) is 1.21. The van der Waals surface area contributed by atoms with Gasteiger partial charge in [-0.3, -0.25) is 0 Å². The summed E-state index contributed by atoms with van der Waals surface area (Å²) in [5, 5.41) is 15.6. The van der Waals surface area contributed by atoms with Crippen molar-refractivity contribution in [1.29, 1.82) is 0 Å². The normalized spacial score (nSPS) is 14.1. The first-order valence-corrected chi connectivity index (χ1v) is 10.7. The molecule has 0 amide bonds. The lowest BCUT2D eigenvalue weighted by molar-refractivity contribution is 0.109. The van der Waals surface area contributed by atoms with Crippen LogP contribution in [-0.4, -0.2) is 32.2 Å². The molecule has 172 valence electrons. The molecule has 34 heavy (non-hydrogen) atoms. The van der Waals surface area contributed by atoms with Crippen molar-refractivity contribution >= 4 is 34.6 Å². The van der Waals surface area contributed by atoms with E-state index in [4.69, 9.17) is 4.74 Å².